The highest BCUT2D eigenvalue weighted by molar-refractivity contribution is 7.90. The molecule has 25 heavy (non-hydrogen) atoms. The Balaban J connectivity index is 1.76. The summed E-state index contributed by atoms with van der Waals surface area (Å²) in [6.07, 6.45) is 2.63. The van der Waals surface area contributed by atoms with Gasteiger partial charge in [0.1, 0.15) is 12.3 Å². The van der Waals surface area contributed by atoms with Crippen LogP contribution in [0.3, 0.4) is 0 Å². The second kappa shape index (κ2) is 8.48. The van der Waals surface area contributed by atoms with Crippen molar-refractivity contribution >= 4 is 21.7 Å². The van der Waals surface area contributed by atoms with E-state index >= 15 is 0 Å². The van der Waals surface area contributed by atoms with E-state index in [4.69, 9.17) is 4.42 Å². The molecule has 2 N–H and O–H groups in total. The number of hydrogen-bond donors (Lipinski definition) is 2. The fraction of sp³-hybridized carbons (Fsp3) is 0.294. The summed E-state index contributed by atoms with van der Waals surface area (Å²) in [5.41, 5.74) is 1.01. The third-order valence-corrected chi connectivity index (χ3v) is 5.07. The molecule has 2 aromatic rings. The van der Waals surface area contributed by atoms with Gasteiger partial charge in [-0.15, -0.1) is 0 Å². The van der Waals surface area contributed by atoms with Crippen molar-refractivity contribution < 1.29 is 22.4 Å². The number of carbonyl (C=O) groups excluding carboxylic acids is 2. The number of rotatable bonds is 8. The maximum Gasteiger partial charge on any atom is 0.255 e. The van der Waals surface area contributed by atoms with Gasteiger partial charge in [0, 0.05) is 6.54 Å². The predicted molar refractivity (Wildman–Crippen MR) is 92.6 cm³/mol. The molecule has 8 heteroatoms. The Labute approximate surface area is 146 Å². The lowest BCUT2D eigenvalue weighted by Crippen LogP contribution is -2.45. The van der Waals surface area contributed by atoms with Gasteiger partial charge in [-0.05, 0) is 18.6 Å². The number of amides is 2. The number of furan rings is 1. The van der Waals surface area contributed by atoms with Crippen LogP contribution in [0.15, 0.2) is 53.3 Å². The van der Waals surface area contributed by atoms with Crippen LogP contribution in [0.1, 0.15) is 22.8 Å². The van der Waals surface area contributed by atoms with Gasteiger partial charge in [-0.25, -0.2) is 8.42 Å². The van der Waals surface area contributed by atoms with Crippen molar-refractivity contribution in [2.24, 2.45) is 0 Å². The third kappa shape index (κ3) is 6.07. The molecule has 0 fully saturated rings. The molecule has 0 bridgehead atoms. The van der Waals surface area contributed by atoms with Crippen LogP contribution in [-0.2, 0) is 20.4 Å². The minimum Gasteiger partial charge on any atom is -0.472 e. The van der Waals surface area contributed by atoms with Crippen molar-refractivity contribution in [2.75, 3.05) is 12.3 Å². The van der Waals surface area contributed by atoms with Gasteiger partial charge in [0.2, 0.25) is 5.91 Å². The minimum absolute atomic E-state index is 0.0140. The van der Waals surface area contributed by atoms with Crippen LogP contribution < -0.4 is 10.6 Å². The summed E-state index contributed by atoms with van der Waals surface area (Å²) >= 11 is 0. The fourth-order valence-electron chi connectivity index (χ4n) is 2.12. The van der Waals surface area contributed by atoms with E-state index < -0.39 is 27.7 Å². The molecule has 0 saturated heterocycles. The number of hydrogen-bond acceptors (Lipinski definition) is 5. The van der Waals surface area contributed by atoms with Crippen molar-refractivity contribution in [1.29, 1.82) is 0 Å². The SMILES string of the molecule is C[C@H](NC(=O)c1ccoc1)C(=O)NCCS(=O)(=O)Cc1ccccc1. The van der Waals surface area contributed by atoms with Crippen molar-refractivity contribution in [3.8, 4) is 0 Å². The molecule has 2 rings (SSSR count). The van der Waals surface area contributed by atoms with Crippen LogP contribution in [0, 0.1) is 0 Å². The quantitative estimate of drug-likeness (QED) is 0.730. The van der Waals surface area contributed by atoms with E-state index in [0.29, 0.717) is 11.1 Å². The monoisotopic (exact) mass is 364 g/mol. The van der Waals surface area contributed by atoms with E-state index in [2.05, 4.69) is 10.6 Å². The molecule has 0 aliphatic rings. The van der Waals surface area contributed by atoms with Crippen molar-refractivity contribution in [3.63, 3.8) is 0 Å². The Morgan fingerprint density at radius 3 is 2.52 bits per heavy atom. The van der Waals surface area contributed by atoms with E-state index in [1.807, 2.05) is 6.07 Å². The Bertz CT molecular complexity index is 801. The highest BCUT2D eigenvalue weighted by Gasteiger charge is 2.18. The van der Waals surface area contributed by atoms with Crippen LogP contribution in [0.4, 0.5) is 0 Å². The molecule has 0 radical (unpaired) electrons. The zero-order chi connectivity index (χ0) is 18.3. The lowest BCUT2D eigenvalue weighted by Gasteiger charge is -2.13. The summed E-state index contributed by atoms with van der Waals surface area (Å²) in [5.74, 6) is -1.13. The summed E-state index contributed by atoms with van der Waals surface area (Å²) in [6.45, 7) is 1.51. The zero-order valence-electron chi connectivity index (χ0n) is 13.8. The van der Waals surface area contributed by atoms with Gasteiger partial charge < -0.3 is 15.1 Å². The van der Waals surface area contributed by atoms with Gasteiger partial charge in [-0.1, -0.05) is 30.3 Å². The minimum atomic E-state index is -3.33. The first kappa shape index (κ1) is 18.7. The summed E-state index contributed by atoms with van der Waals surface area (Å²) in [6, 6.07) is 9.53. The van der Waals surface area contributed by atoms with E-state index in [9.17, 15) is 18.0 Å². The van der Waals surface area contributed by atoms with E-state index in [0.717, 1.165) is 0 Å². The van der Waals surface area contributed by atoms with Crippen molar-refractivity contribution in [2.45, 2.75) is 18.7 Å². The molecule has 134 valence electrons. The number of carbonyl (C=O) groups is 2. The summed E-state index contributed by atoms with van der Waals surface area (Å²) in [5, 5.41) is 5.03. The molecular formula is C17H20N2O5S. The first-order valence-electron chi connectivity index (χ1n) is 7.72. The molecule has 0 saturated carbocycles. The van der Waals surface area contributed by atoms with Crippen LogP contribution in [0.2, 0.25) is 0 Å². The van der Waals surface area contributed by atoms with Gasteiger partial charge >= 0.3 is 0 Å². The fourth-order valence-corrected chi connectivity index (χ4v) is 3.38. The highest BCUT2D eigenvalue weighted by atomic mass is 32.2. The summed E-state index contributed by atoms with van der Waals surface area (Å²) in [4.78, 5) is 23.8. The Kier molecular flexibility index (Phi) is 6.35. The van der Waals surface area contributed by atoms with Crippen LogP contribution in [0.5, 0.6) is 0 Å². The average molecular weight is 364 g/mol. The summed E-state index contributed by atoms with van der Waals surface area (Å²) in [7, 11) is -3.33. The molecule has 1 aromatic heterocycles. The maximum atomic E-state index is 12.1. The van der Waals surface area contributed by atoms with E-state index in [1.54, 1.807) is 24.3 Å². The summed E-state index contributed by atoms with van der Waals surface area (Å²) < 4.78 is 28.9. The topological polar surface area (TPSA) is 105 Å². The van der Waals surface area contributed by atoms with Crippen molar-refractivity contribution in [3.05, 3.63) is 60.1 Å². The molecule has 1 atom stereocenters. The zero-order valence-corrected chi connectivity index (χ0v) is 14.6. The second-order valence-corrected chi connectivity index (χ2v) is 7.76. The molecule has 7 nitrogen and oxygen atoms in total. The number of benzene rings is 1. The predicted octanol–water partition coefficient (Wildman–Crippen LogP) is 1.13. The smallest absolute Gasteiger partial charge is 0.255 e. The normalized spacial score (nSPS) is 12.4. The highest BCUT2D eigenvalue weighted by Crippen LogP contribution is 2.05. The lowest BCUT2D eigenvalue weighted by atomic mass is 10.2. The first-order chi connectivity index (χ1) is 11.9. The van der Waals surface area contributed by atoms with Gasteiger partial charge in [-0.3, -0.25) is 9.59 Å². The van der Waals surface area contributed by atoms with E-state index in [1.165, 1.54) is 25.5 Å². The van der Waals surface area contributed by atoms with Gasteiger partial charge in [-0.2, -0.15) is 0 Å². The Hall–Kier alpha value is -2.61. The van der Waals surface area contributed by atoms with Gasteiger partial charge in [0.15, 0.2) is 9.84 Å². The van der Waals surface area contributed by atoms with Crippen LogP contribution in [-0.4, -0.2) is 38.6 Å². The van der Waals surface area contributed by atoms with Gasteiger partial charge in [0.05, 0.1) is 23.3 Å². The second-order valence-electron chi connectivity index (χ2n) is 5.58. The first-order valence-corrected chi connectivity index (χ1v) is 9.54. The Morgan fingerprint density at radius 2 is 1.88 bits per heavy atom. The molecule has 0 aliphatic heterocycles. The molecule has 2 amide bonds. The maximum absolute atomic E-state index is 12.1. The third-order valence-electron chi connectivity index (χ3n) is 3.47. The molecule has 0 unspecified atom stereocenters. The number of nitrogens with one attached hydrogen (secondary N) is 2. The molecule has 1 aromatic carbocycles. The lowest BCUT2D eigenvalue weighted by molar-refractivity contribution is -0.122. The average Bonchev–Trinajstić information content (AvgIpc) is 3.09. The van der Waals surface area contributed by atoms with Gasteiger partial charge in [0.25, 0.3) is 5.91 Å². The van der Waals surface area contributed by atoms with Crippen LogP contribution >= 0.6 is 0 Å². The van der Waals surface area contributed by atoms with Crippen LogP contribution in [0.25, 0.3) is 0 Å². The Morgan fingerprint density at radius 1 is 1.16 bits per heavy atom. The molecular weight excluding hydrogens is 344 g/mol. The molecule has 1 heterocycles. The standard InChI is InChI=1S/C17H20N2O5S/c1-13(19-17(21)15-7-9-24-11-15)16(20)18-8-10-25(22,23)12-14-5-3-2-4-6-14/h2-7,9,11,13H,8,10,12H2,1H3,(H,18,20)(H,19,21)/t13-/m0/s1. The molecule has 0 spiro atoms. The largest absolute Gasteiger partial charge is 0.472 e. The number of sulfone groups is 1. The van der Waals surface area contributed by atoms with E-state index in [-0.39, 0.29) is 18.1 Å². The molecule has 0 aliphatic carbocycles. The van der Waals surface area contributed by atoms with Crippen molar-refractivity contribution in [1.82, 2.24) is 10.6 Å².